The summed E-state index contributed by atoms with van der Waals surface area (Å²) in [6, 6.07) is 4.14. The van der Waals surface area contributed by atoms with Gasteiger partial charge in [-0.25, -0.2) is 13.8 Å². The number of benzene rings is 1. The van der Waals surface area contributed by atoms with Gasteiger partial charge in [-0.3, -0.25) is 9.59 Å². The molecule has 0 saturated heterocycles. The minimum absolute atomic E-state index is 0.0187. The molecule has 47 heavy (non-hydrogen) atoms. The molecule has 2 aromatic heterocycles. The van der Waals surface area contributed by atoms with E-state index in [0.29, 0.717) is 5.56 Å². The molecule has 3 aromatic rings. The molecule has 16 heteroatoms. The predicted octanol–water partition coefficient (Wildman–Crippen LogP) is 6.49. The van der Waals surface area contributed by atoms with E-state index in [1.165, 1.54) is 29.8 Å². The van der Waals surface area contributed by atoms with Gasteiger partial charge in [0, 0.05) is 31.5 Å². The molecule has 0 atom stereocenters. The van der Waals surface area contributed by atoms with Crippen LogP contribution in [-0.4, -0.2) is 51.6 Å². The number of carbonyl (C=O) groups is 2. The van der Waals surface area contributed by atoms with E-state index in [0.717, 1.165) is 18.9 Å². The summed E-state index contributed by atoms with van der Waals surface area (Å²) in [6.07, 6.45) is -11.1. The SMILES string of the molecule is Cn1c(Cc2cc(CNC(=O)C3(C)CC3)ccc2C(F)(F)F)nc2cc(C(=O)NC3CCC(C(F)(F)F)CC3)c(OCC(F)F)nc21. The molecule has 0 radical (unpaired) electrons. The molecule has 256 valence electrons. The van der Waals surface area contributed by atoms with E-state index in [-0.39, 0.29) is 72.7 Å². The summed E-state index contributed by atoms with van der Waals surface area (Å²) in [4.78, 5) is 34.2. The second-order valence-corrected chi connectivity index (χ2v) is 12.4. The fourth-order valence-electron chi connectivity index (χ4n) is 5.70. The molecule has 5 rings (SSSR count). The molecule has 2 saturated carbocycles. The number of nitrogens with one attached hydrogen (secondary N) is 2. The fraction of sp³-hybridized carbons (Fsp3) is 0.548. The molecule has 2 fully saturated rings. The van der Waals surface area contributed by atoms with Crippen molar-refractivity contribution < 1.29 is 49.4 Å². The van der Waals surface area contributed by atoms with Crippen LogP contribution in [0.2, 0.25) is 0 Å². The molecule has 1 aromatic carbocycles. The number of alkyl halides is 8. The Bertz CT molecular complexity index is 1640. The zero-order valence-electron chi connectivity index (χ0n) is 25.5. The molecule has 0 aliphatic heterocycles. The molecule has 0 spiro atoms. The highest BCUT2D eigenvalue weighted by Gasteiger charge is 2.45. The smallest absolute Gasteiger partial charge is 0.416 e. The lowest BCUT2D eigenvalue weighted by atomic mass is 9.85. The first-order valence-electron chi connectivity index (χ1n) is 15.1. The summed E-state index contributed by atoms with van der Waals surface area (Å²) in [5.41, 5.74) is -1.26. The molecule has 2 aliphatic carbocycles. The topological polar surface area (TPSA) is 98.1 Å². The average molecular weight is 676 g/mol. The van der Waals surface area contributed by atoms with E-state index >= 15 is 0 Å². The van der Waals surface area contributed by atoms with Gasteiger partial charge >= 0.3 is 12.4 Å². The number of ether oxygens (including phenoxy) is 1. The summed E-state index contributed by atoms with van der Waals surface area (Å²) >= 11 is 0. The average Bonchev–Trinajstić information content (AvgIpc) is 3.68. The lowest BCUT2D eigenvalue weighted by Gasteiger charge is -2.30. The van der Waals surface area contributed by atoms with Crippen LogP contribution in [-0.2, 0) is 31.0 Å². The van der Waals surface area contributed by atoms with E-state index in [2.05, 4.69) is 20.6 Å². The Morgan fingerprint density at radius 3 is 2.32 bits per heavy atom. The Labute approximate surface area is 264 Å². The van der Waals surface area contributed by atoms with Crippen molar-refractivity contribution in [3.8, 4) is 5.88 Å². The monoisotopic (exact) mass is 675 g/mol. The Balaban J connectivity index is 1.42. The number of amides is 2. The van der Waals surface area contributed by atoms with Crippen molar-refractivity contribution in [2.45, 2.75) is 83.2 Å². The third kappa shape index (κ3) is 7.95. The number of halogens is 8. The summed E-state index contributed by atoms with van der Waals surface area (Å²) in [7, 11) is 1.46. The van der Waals surface area contributed by atoms with E-state index in [1.54, 1.807) is 0 Å². The van der Waals surface area contributed by atoms with Crippen molar-refractivity contribution in [1.82, 2.24) is 25.2 Å². The number of aromatic nitrogens is 3. The highest BCUT2D eigenvalue weighted by molar-refractivity contribution is 5.99. The van der Waals surface area contributed by atoms with Crippen LogP contribution in [0, 0.1) is 11.3 Å². The third-order valence-corrected chi connectivity index (χ3v) is 8.84. The van der Waals surface area contributed by atoms with E-state index < -0.39 is 60.1 Å². The van der Waals surface area contributed by atoms with Crippen molar-refractivity contribution >= 4 is 23.0 Å². The van der Waals surface area contributed by atoms with Crippen LogP contribution in [0.1, 0.15) is 78.3 Å². The second-order valence-electron chi connectivity index (χ2n) is 12.4. The minimum atomic E-state index is -4.71. The molecule has 2 heterocycles. The van der Waals surface area contributed by atoms with Gasteiger partial charge in [-0.15, -0.1) is 0 Å². The Kier molecular flexibility index (Phi) is 9.43. The Hall–Kier alpha value is -3.98. The first-order valence-corrected chi connectivity index (χ1v) is 15.1. The Morgan fingerprint density at radius 2 is 1.72 bits per heavy atom. The zero-order valence-corrected chi connectivity index (χ0v) is 25.5. The van der Waals surface area contributed by atoms with Gasteiger partial charge in [0.15, 0.2) is 12.3 Å². The number of aryl methyl sites for hydroxylation is 1. The van der Waals surface area contributed by atoms with Gasteiger partial charge in [-0.2, -0.15) is 31.3 Å². The van der Waals surface area contributed by atoms with Gasteiger partial charge in [-0.05, 0) is 61.8 Å². The van der Waals surface area contributed by atoms with E-state index in [9.17, 15) is 44.7 Å². The number of rotatable bonds is 10. The number of hydrogen-bond acceptors (Lipinski definition) is 5. The Morgan fingerprint density at radius 1 is 1.04 bits per heavy atom. The number of pyridine rings is 1. The fourth-order valence-corrected chi connectivity index (χ4v) is 5.70. The predicted molar refractivity (Wildman–Crippen MR) is 153 cm³/mol. The van der Waals surface area contributed by atoms with Crippen molar-refractivity contribution in [3.05, 3.63) is 52.3 Å². The number of nitrogens with zero attached hydrogens (tertiary/aromatic N) is 3. The first-order chi connectivity index (χ1) is 21.9. The highest BCUT2D eigenvalue weighted by Crippen LogP contribution is 2.45. The molecule has 0 unspecified atom stereocenters. The van der Waals surface area contributed by atoms with Gasteiger partial charge < -0.3 is 19.9 Å². The normalized spacial score (nSPS) is 19.6. The van der Waals surface area contributed by atoms with Crippen LogP contribution in [0.5, 0.6) is 5.88 Å². The van der Waals surface area contributed by atoms with Crippen molar-refractivity contribution in [2.75, 3.05) is 6.61 Å². The molecule has 8 nitrogen and oxygen atoms in total. The maximum atomic E-state index is 14.0. The summed E-state index contributed by atoms with van der Waals surface area (Å²) in [5, 5.41) is 5.38. The number of carbonyl (C=O) groups excluding carboxylic acids is 2. The molecule has 2 aliphatic rings. The molecular weight excluding hydrogens is 642 g/mol. The largest absolute Gasteiger partial charge is 0.471 e. The van der Waals surface area contributed by atoms with Gasteiger partial charge in [0.25, 0.3) is 12.3 Å². The maximum Gasteiger partial charge on any atom is 0.416 e. The summed E-state index contributed by atoms with van der Waals surface area (Å²) in [5.74, 6) is -2.85. The van der Waals surface area contributed by atoms with Gasteiger partial charge in [0.05, 0.1) is 11.5 Å². The van der Waals surface area contributed by atoms with Crippen LogP contribution in [0.15, 0.2) is 24.3 Å². The number of imidazole rings is 1. The van der Waals surface area contributed by atoms with Crippen molar-refractivity contribution in [3.63, 3.8) is 0 Å². The number of hydrogen-bond donors (Lipinski definition) is 2. The first kappa shape index (κ1) is 34.4. The van der Waals surface area contributed by atoms with Crippen molar-refractivity contribution in [1.29, 1.82) is 0 Å². The van der Waals surface area contributed by atoms with E-state index in [1.807, 2.05) is 6.92 Å². The molecule has 2 N–H and O–H groups in total. The maximum absolute atomic E-state index is 14.0. The lowest BCUT2D eigenvalue weighted by Crippen LogP contribution is -2.40. The van der Waals surface area contributed by atoms with Crippen LogP contribution >= 0.6 is 0 Å². The minimum Gasteiger partial charge on any atom is -0.471 e. The van der Waals surface area contributed by atoms with Crippen LogP contribution < -0.4 is 15.4 Å². The summed E-state index contributed by atoms with van der Waals surface area (Å²) in [6.45, 7) is 0.713. The van der Waals surface area contributed by atoms with Crippen molar-refractivity contribution in [2.24, 2.45) is 18.4 Å². The summed E-state index contributed by atoms with van der Waals surface area (Å²) < 4.78 is 114. The lowest BCUT2D eigenvalue weighted by molar-refractivity contribution is -0.182. The standard InChI is InChI=1S/C31H33F8N5O3/c1-29(9-10-29)28(46)40-14-16-3-8-21(31(37,38)39)17(11-16)12-24-42-22-13-20(27(47-15-23(32)33)43-25(22)44(24)2)26(45)41-19-6-4-18(5-7-19)30(34,35)36/h3,8,11,13,18-19,23H,4-7,9-10,12,14-15H2,1-2H3,(H,40,46)(H,41,45). The highest BCUT2D eigenvalue weighted by atomic mass is 19.4. The molecule has 2 amide bonds. The molecule has 0 bridgehead atoms. The van der Waals surface area contributed by atoms with Gasteiger partial charge in [0.2, 0.25) is 11.8 Å². The van der Waals surface area contributed by atoms with Crippen LogP contribution in [0.25, 0.3) is 11.2 Å². The second kappa shape index (κ2) is 12.9. The quantitative estimate of drug-likeness (QED) is 0.240. The van der Waals surface area contributed by atoms with Crippen LogP contribution in [0.4, 0.5) is 35.1 Å². The zero-order chi connectivity index (χ0) is 34.3. The van der Waals surface area contributed by atoms with E-state index in [4.69, 9.17) is 4.74 Å². The third-order valence-electron chi connectivity index (χ3n) is 8.84. The van der Waals surface area contributed by atoms with Gasteiger partial charge in [0.1, 0.15) is 16.9 Å². The molecular formula is C31H33F8N5O3. The van der Waals surface area contributed by atoms with Crippen LogP contribution in [0.3, 0.4) is 0 Å². The van der Waals surface area contributed by atoms with Gasteiger partial charge in [-0.1, -0.05) is 19.1 Å². The number of fused-ring (bicyclic) bond motifs is 1.